The maximum Gasteiger partial charge on any atom is 0.338 e. The monoisotopic (exact) mass is 342 g/mol. The Balaban J connectivity index is 1.41. The molecule has 0 aliphatic rings. The molecule has 0 amide bonds. The smallest absolute Gasteiger partial charge is 0.338 e. The third-order valence-electron chi connectivity index (χ3n) is 3.32. The summed E-state index contributed by atoms with van der Waals surface area (Å²) in [6, 6.07) is 12.5. The van der Waals surface area contributed by atoms with Crippen LogP contribution in [0.2, 0.25) is 0 Å². The van der Waals surface area contributed by atoms with Gasteiger partial charge in [0.1, 0.15) is 17.9 Å². The number of nitrogens with zero attached hydrogens (tertiary/aromatic N) is 4. The zero-order chi connectivity index (χ0) is 17.5. The van der Waals surface area contributed by atoms with Gasteiger partial charge in [-0.05, 0) is 59.0 Å². The Hall–Kier alpha value is -3.29. The molecule has 0 radical (unpaired) electrons. The molecule has 0 unspecified atom stereocenters. The highest BCUT2D eigenvalue weighted by Crippen LogP contribution is 2.12. The highest BCUT2D eigenvalue weighted by molar-refractivity contribution is 5.89. The summed E-state index contributed by atoms with van der Waals surface area (Å²) in [7, 11) is 0. The van der Waals surface area contributed by atoms with Crippen LogP contribution in [-0.2, 0) is 4.74 Å². The minimum absolute atomic E-state index is 0.231. The number of hydrogen-bond acceptors (Lipinski definition) is 6. The van der Waals surface area contributed by atoms with Gasteiger partial charge in [0.05, 0.1) is 24.5 Å². The van der Waals surface area contributed by atoms with E-state index < -0.39 is 5.97 Å². The minimum atomic E-state index is -0.412. The van der Waals surface area contributed by atoms with Crippen molar-refractivity contribution in [3.63, 3.8) is 0 Å². The first-order valence-electron chi connectivity index (χ1n) is 7.61. The lowest BCUT2D eigenvalue weighted by molar-refractivity contribution is 0.0486. The molecular weight excluding hydrogens is 327 g/mol. The number of hydrogen-bond donors (Lipinski definition) is 0. The highest BCUT2D eigenvalue weighted by Gasteiger charge is 2.07. The van der Waals surface area contributed by atoms with Gasteiger partial charge in [0.15, 0.2) is 0 Å². The third kappa shape index (κ3) is 4.60. The fourth-order valence-corrected chi connectivity index (χ4v) is 2.06. The highest BCUT2D eigenvalue weighted by atomic mass is 19.1. The third-order valence-corrected chi connectivity index (χ3v) is 3.32. The minimum Gasteiger partial charge on any atom is -0.493 e. The van der Waals surface area contributed by atoms with Crippen molar-refractivity contribution in [3.8, 4) is 11.4 Å². The Labute approximate surface area is 143 Å². The quantitative estimate of drug-likeness (QED) is 0.485. The van der Waals surface area contributed by atoms with Crippen LogP contribution in [0.5, 0.6) is 5.75 Å². The van der Waals surface area contributed by atoms with E-state index in [-0.39, 0.29) is 12.4 Å². The van der Waals surface area contributed by atoms with Crippen molar-refractivity contribution in [1.82, 2.24) is 20.2 Å². The first kappa shape index (κ1) is 16.6. The number of tetrazole rings is 1. The van der Waals surface area contributed by atoms with Crippen LogP contribution < -0.4 is 4.74 Å². The molecule has 0 bridgehead atoms. The average Bonchev–Trinajstić information content (AvgIpc) is 3.18. The van der Waals surface area contributed by atoms with Crippen LogP contribution in [0, 0.1) is 5.82 Å². The van der Waals surface area contributed by atoms with Gasteiger partial charge in [0.25, 0.3) is 0 Å². The summed E-state index contributed by atoms with van der Waals surface area (Å²) in [5.41, 5.74) is 1.19. The van der Waals surface area contributed by atoms with Gasteiger partial charge in [-0.3, -0.25) is 0 Å². The van der Waals surface area contributed by atoms with Crippen LogP contribution in [0.4, 0.5) is 4.39 Å². The largest absolute Gasteiger partial charge is 0.493 e. The number of rotatable bonds is 7. The van der Waals surface area contributed by atoms with Crippen molar-refractivity contribution in [2.75, 3.05) is 13.2 Å². The number of carbonyl (C=O) groups excluding carboxylic acids is 1. The molecule has 7 nitrogen and oxygen atoms in total. The number of halogens is 1. The molecule has 8 heteroatoms. The van der Waals surface area contributed by atoms with Crippen LogP contribution in [0.3, 0.4) is 0 Å². The molecule has 0 saturated heterocycles. The summed E-state index contributed by atoms with van der Waals surface area (Å²) >= 11 is 0. The van der Waals surface area contributed by atoms with Gasteiger partial charge in [-0.2, -0.15) is 0 Å². The Kier molecular flexibility index (Phi) is 5.30. The molecule has 128 valence electrons. The molecule has 0 spiro atoms. The number of aromatic nitrogens is 4. The molecule has 0 atom stereocenters. The van der Waals surface area contributed by atoms with Crippen LogP contribution >= 0.6 is 0 Å². The van der Waals surface area contributed by atoms with Gasteiger partial charge in [0, 0.05) is 6.42 Å². The van der Waals surface area contributed by atoms with Crippen molar-refractivity contribution in [1.29, 1.82) is 0 Å². The molecule has 0 fully saturated rings. The maximum absolute atomic E-state index is 12.8. The number of benzene rings is 2. The van der Waals surface area contributed by atoms with E-state index in [9.17, 15) is 9.18 Å². The van der Waals surface area contributed by atoms with Crippen molar-refractivity contribution in [3.05, 3.63) is 66.2 Å². The van der Waals surface area contributed by atoms with Gasteiger partial charge in [0.2, 0.25) is 0 Å². The fraction of sp³-hybridized carbons (Fsp3) is 0.176. The van der Waals surface area contributed by atoms with E-state index in [1.54, 1.807) is 36.4 Å². The first-order chi connectivity index (χ1) is 12.2. The lowest BCUT2D eigenvalue weighted by Gasteiger charge is -2.07. The summed E-state index contributed by atoms with van der Waals surface area (Å²) in [5, 5.41) is 10.9. The zero-order valence-corrected chi connectivity index (χ0v) is 13.2. The number of ether oxygens (including phenoxy) is 2. The molecule has 3 rings (SSSR count). The predicted octanol–water partition coefficient (Wildman–Crippen LogP) is 2.43. The van der Waals surface area contributed by atoms with E-state index >= 15 is 0 Å². The second kappa shape index (κ2) is 8.00. The summed E-state index contributed by atoms with van der Waals surface area (Å²) in [5.74, 6) is -0.150. The van der Waals surface area contributed by atoms with E-state index in [2.05, 4.69) is 15.5 Å². The molecule has 0 saturated carbocycles. The van der Waals surface area contributed by atoms with Gasteiger partial charge in [-0.25, -0.2) is 13.9 Å². The van der Waals surface area contributed by atoms with Crippen molar-refractivity contribution < 1.29 is 18.7 Å². The van der Waals surface area contributed by atoms with Crippen LogP contribution in [0.25, 0.3) is 5.69 Å². The second-order valence-corrected chi connectivity index (χ2v) is 5.09. The van der Waals surface area contributed by atoms with Gasteiger partial charge >= 0.3 is 5.97 Å². The number of esters is 1. The molecule has 2 aromatic carbocycles. The summed E-state index contributed by atoms with van der Waals surface area (Å²) in [6.45, 7) is 0.603. The zero-order valence-electron chi connectivity index (χ0n) is 13.2. The molecule has 0 N–H and O–H groups in total. The normalized spacial score (nSPS) is 10.4. The molecule has 3 aromatic rings. The number of carbonyl (C=O) groups is 1. The van der Waals surface area contributed by atoms with Crippen molar-refractivity contribution in [2.24, 2.45) is 0 Å². The predicted molar refractivity (Wildman–Crippen MR) is 85.9 cm³/mol. The Morgan fingerprint density at radius 1 is 1.04 bits per heavy atom. The van der Waals surface area contributed by atoms with Crippen LogP contribution in [0.1, 0.15) is 16.8 Å². The molecular formula is C17H15FN4O3. The summed E-state index contributed by atoms with van der Waals surface area (Å²) < 4.78 is 24.9. The van der Waals surface area contributed by atoms with Crippen LogP contribution in [-0.4, -0.2) is 39.4 Å². The molecule has 0 aliphatic heterocycles. The van der Waals surface area contributed by atoms with Crippen LogP contribution in [0.15, 0.2) is 54.9 Å². The lowest BCUT2D eigenvalue weighted by Crippen LogP contribution is -2.09. The molecule has 0 aliphatic carbocycles. The summed E-state index contributed by atoms with van der Waals surface area (Å²) in [4.78, 5) is 12.0. The van der Waals surface area contributed by atoms with E-state index in [4.69, 9.17) is 9.47 Å². The molecule has 1 aromatic heterocycles. The maximum atomic E-state index is 12.8. The lowest BCUT2D eigenvalue weighted by atomic mass is 10.2. The SMILES string of the molecule is O=C(OCCCOc1ccc(F)cc1)c1ccc(-n2cnnn2)cc1. The molecule has 25 heavy (non-hydrogen) atoms. The van der Waals surface area contributed by atoms with Gasteiger partial charge in [-0.1, -0.05) is 0 Å². The van der Waals surface area contributed by atoms with Gasteiger partial charge in [-0.15, -0.1) is 5.10 Å². The Morgan fingerprint density at radius 2 is 1.80 bits per heavy atom. The van der Waals surface area contributed by atoms with E-state index in [1.165, 1.54) is 23.1 Å². The van der Waals surface area contributed by atoms with Crippen molar-refractivity contribution >= 4 is 5.97 Å². The standard InChI is InChI=1S/C17H15FN4O3/c18-14-4-8-16(9-5-14)24-10-1-11-25-17(23)13-2-6-15(7-3-13)22-12-19-20-21-22/h2-9,12H,1,10-11H2. The molecule has 1 heterocycles. The second-order valence-electron chi connectivity index (χ2n) is 5.09. The Morgan fingerprint density at radius 3 is 2.48 bits per heavy atom. The fourth-order valence-electron chi connectivity index (χ4n) is 2.06. The topological polar surface area (TPSA) is 79.1 Å². The van der Waals surface area contributed by atoms with E-state index in [0.717, 1.165) is 5.69 Å². The Bertz CT molecular complexity index is 805. The summed E-state index contributed by atoms with van der Waals surface area (Å²) in [6.07, 6.45) is 2.00. The van der Waals surface area contributed by atoms with E-state index in [1.807, 2.05) is 0 Å². The van der Waals surface area contributed by atoms with E-state index in [0.29, 0.717) is 24.3 Å². The van der Waals surface area contributed by atoms with Gasteiger partial charge < -0.3 is 9.47 Å². The average molecular weight is 342 g/mol. The van der Waals surface area contributed by atoms with Crippen molar-refractivity contribution in [2.45, 2.75) is 6.42 Å². The first-order valence-corrected chi connectivity index (χ1v) is 7.61.